The molecule has 2 saturated carbocycles. The number of hydrogen-bond acceptors (Lipinski definition) is 11. The predicted molar refractivity (Wildman–Crippen MR) is 123 cm³/mol. The summed E-state index contributed by atoms with van der Waals surface area (Å²) in [6, 6.07) is 0. The van der Waals surface area contributed by atoms with Crippen LogP contribution < -0.4 is 18.9 Å². The molecule has 0 atom stereocenters. The monoisotopic (exact) mass is 596 g/mol. The first-order valence-electron chi connectivity index (χ1n) is 12.6. The van der Waals surface area contributed by atoms with Gasteiger partial charge in [0.1, 0.15) is 18.0 Å². The molecule has 1 aliphatic heterocycles. The fourth-order valence-corrected chi connectivity index (χ4v) is 4.38. The molecule has 1 saturated heterocycles. The smallest absolute Gasteiger partial charge is 0.473 e. The first kappa shape index (κ1) is 30.5. The maximum atomic E-state index is 12.0. The number of rotatable bonds is 6. The molecule has 0 bridgehead atoms. The average molecular weight is 596 g/mol. The summed E-state index contributed by atoms with van der Waals surface area (Å²) < 4.78 is 101. The molecule has 3 heterocycles. The van der Waals surface area contributed by atoms with Crippen LogP contribution >= 0.6 is 0 Å². The van der Waals surface area contributed by atoms with Gasteiger partial charge >= 0.3 is 12.7 Å². The van der Waals surface area contributed by atoms with Gasteiger partial charge in [-0.2, -0.15) is 0 Å². The highest BCUT2D eigenvalue weighted by molar-refractivity contribution is 5.79. The summed E-state index contributed by atoms with van der Waals surface area (Å²) in [6.45, 7) is 1.22. The molecule has 2 aliphatic carbocycles. The number of carbonyl (C=O) groups excluding carboxylic acids is 1. The van der Waals surface area contributed by atoms with Gasteiger partial charge in [-0.15, -0.1) is 26.3 Å². The second-order valence-electron chi connectivity index (χ2n) is 9.26. The highest BCUT2D eigenvalue weighted by atomic mass is 19.4. The Bertz CT molecular complexity index is 1110. The molecule has 3 aliphatic rings. The highest BCUT2D eigenvalue weighted by Gasteiger charge is 2.41. The minimum Gasteiger partial charge on any atom is -0.473 e. The Morgan fingerprint density at radius 3 is 1.44 bits per heavy atom. The number of aromatic nitrogens is 4. The zero-order chi connectivity index (χ0) is 29.5. The largest absolute Gasteiger partial charge is 0.574 e. The summed E-state index contributed by atoms with van der Waals surface area (Å²) in [7, 11) is 0. The van der Waals surface area contributed by atoms with E-state index in [0.29, 0.717) is 38.9 Å². The van der Waals surface area contributed by atoms with Crippen molar-refractivity contribution in [1.29, 1.82) is 0 Å². The maximum Gasteiger partial charge on any atom is 0.574 e. The van der Waals surface area contributed by atoms with Crippen molar-refractivity contribution in [1.82, 2.24) is 19.9 Å². The first-order valence-corrected chi connectivity index (χ1v) is 12.6. The molecule has 2 aromatic rings. The molecule has 17 heteroatoms. The Morgan fingerprint density at radius 2 is 1.05 bits per heavy atom. The lowest BCUT2D eigenvalue weighted by molar-refractivity contribution is -0.277. The normalized spacial score (nSPS) is 19.8. The van der Waals surface area contributed by atoms with Gasteiger partial charge in [-0.05, 0) is 25.7 Å². The fourth-order valence-electron chi connectivity index (χ4n) is 4.38. The molecule has 3 fully saturated rings. The van der Waals surface area contributed by atoms with Gasteiger partial charge < -0.3 is 28.4 Å². The Kier molecular flexibility index (Phi) is 9.68. The SMILES string of the molecule is FC(F)(F)Oc1cnc(OC2CCC3(CC2)OCCO3)cn1.O=C1CCC(Oc2cnc(OC(F)(F)F)cn2)CC1. The quantitative estimate of drug-likeness (QED) is 0.431. The number of Topliss-reactive ketones (excluding diaryl/α,β-unsaturated/α-hetero) is 1. The van der Waals surface area contributed by atoms with Crippen LogP contribution in [0.1, 0.15) is 51.4 Å². The Hall–Kier alpha value is -3.47. The molecule has 0 amide bonds. The average Bonchev–Trinajstić information content (AvgIpc) is 3.36. The van der Waals surface area contributed by atoms with E-state index in [1.807, 2.05) is 0 Å². The van der Waals surface area contributed by atoms with Crippen LogP contribution in [0, 0.1) is 0 Å². The van der Waals surface area contributed by atoms with Crippen LogP contribution in [0.3, 0.4) is 0 Å². The van der Waals surface area contributed by atoms with E-state index in [9.17, 15) is 31.1 Å². The lowest BCUT2D eigenvalue weighted by Crippen LogP contribution is -2.38. The van der Waals surface area contributed by atoms with Crippen molar-refractivity contribution in [3.05, 3.63) is 24.8 Å². The lowest BCUT2D eigenvalue weighted by atomic mass is 9.92. The van der Waals surface area contributed by atoms with E-state index in [4.69, 9.17) is 18.9 Å². The zero-order valence-electron chi connectivity index (χ0n) is 21.4. The van der Waals surface area contributed by atoms with Crippen LogP contribution in [0.25, 0.3) is 0 Å². The van der Waals surface area contributed by atoms with Crippen LogP contribution in [-0.4, -0.2) is 69.7 Å². The van der Waals surface area contributed by atoms with Crippen molar-refractivity contribution in [2.24, 2.45) is 0 Å². The van der Waals surface area contributed by atoms with Gasteiger partial charge in [0, 0.05) is 25.7 Å². The second-order valence-corrected chi connectivity index (χ2v) is 9.26. The van der Waals surface area contributed by atoms with E-state index in [0.717, 1.165) is 50.5 Å². The minimum absolute atomic E-state index is 0.0814. The van der Waals surface area contributed by atoms with E-state index in [-0.39, 0.29) is 29.8 Å². The summed E-state index contributed by atoms with van der Waals surface area (Å²) in [5.41, 5.74) is 0. The van der Waals surface area contributed by atoms with Crippen LogP contribution in [0.2, 0.25) is 0 Å². The first-order chi connectivity index (χ1) is 19.4. The lowest BCUT2D eigenvalue weighted by Gasteiger charge is -2.35. The third-order valence-corrected chi connectivity index (χ3v) is 6.22. The molecule has 0 aromatic carbocycles. The molecule has 11 nitrogen and oxygen atoms in total. The number of alkyl halides is 6. The molecule has 0 N–H and O–H groups in total. The fraction of sp³-hybridized carbons (Fsp3) is 0.625. The molecule has 226 valence electrons. The zero-order valence-corrected chi connectivity index (χ0v) is 21.4. The molecular weight excluding hydrogens is 570 g/mol. The molecule has 5 rings (SSSR count). The van der Waals surface area contributed by atoms with Gasteiger partial charge in [0.15, 0.2) is 5.79 Å². The molecule has 0 unspecified atom stereocenters. The van der Waals surface area contributed by atoms with Crippen LogP contribution in [0.15, 0.2) is 24.8 Å². The van der Waals surface area contributed by atoms with E-state index in [1.165, 1.54) is 0 Å². The van der Waals surface area contributed by atoms with Gasteiger partial charge in [0.05, 0.1) is 38.0 Å². The predicted octanol–water partition coefficient (Wildman–Crippen LogP) is 4.71. The van der Waals surface area contributed by atoms with Gasteiger partial charge in [0.2, 0.25) is 23.5 Å². The standard InChI is InChI=1S/C13H15F3N2O4.C11H11F3N2O3/c14-13(15,16)22-11-8-17-10(7-18-11)21-9-1-3-12(4-2-9)19-5-6-20-12;12-11(13,14)19-10-6-15-9(5-16-10)18-8-3-1-7(17)2-4-8/h7-9H,1-6H2;5-6,8H,1-4H2. The molecular formula is C24H26F6N4O7. The third kappa shape index (κ3) is 10.1. The minimum atomic E-state index is -4.79. The van der Waals surface area contributed by atoms with Gasteiger partial charge in [-0.1, -0.05) is 0 Å². The van der Waals surface area contributed by atoms with E-state index in [1.54, 1.807) is 0 Å². The Labute approximate surface area is 229 Å². The summed E-state index contributed by atoms with van der Waals surface area (Å²) in [6.07, 6.45) is -0.923. The van der Waals surface area contributed by atoms with E-state index in [2.05, 4.69) is 29.4 Å². The van der Waals surface area contributed by atoms with Crippen molar-refractivity contribution in [2.75, 3.05) is 13.2 Å². The van der Waals surface area contributed by atoms with Crippen molar-refractivity contribution in [3.8, 4) is 23.5 Å². The van der Waals surface area contributed by atoms with Crippen molar-refractivity contribution in [2.45, 2.75) is 82.1 Å². The topological polar surface area (TPSA) is 124 Å². The van der Waals surface area contributed by atoms with E-state index >= 15 is 0 Å². The summed E-state index contributed by atoms with van der Waals surface area (Å²) in [4.78, 5) is 25.5. The number of nitrogens with zero attached hydrogens (tertiary/aromatic N) is 4. The van der Waals surface area contributed by atoms with Crippen LogP contribution in [0.5, 0.6) is 23.5 Å². The number of carbonyl (C=O) groups is 1. The van der Waals surface area contributed by atoms with Crippen LogP contribution in [-0.2, 0) is 14.3 Å². The van der Waals surface area contributed by atoms with Crippen LogP contribution in [0.4, 0.5) is 26.3 Å². The van der Waals surface area contributed by atoms with Crippen molar-refractivity contribution >= 4 is 5.78 Å². The molecule has 41 heavy (non-hydrogen) atoms. The Morgan fingerprint density at radius 1 is 0.659 bits per heavy atom. The maximum absolute atomic E-state index is 12.0. The number of ketones is 1. The molecule has 1 spiro atoms. The number of hydrogen-bond donors (Lipinski definition) is 0. The van der Waals surface area contributed by atoms with Gasteiger partial charge in [0.25, 0.3) is 0 Å². The molecule has 0 radical (unpaired) electrons. The van der Waals surface area contributed by atoms with Crippen molar-refractivity contribution in [3.63, 3.8) is 0 Å². The highest BCUT2D eigenvalue weighted by Crippen LogP contribution is 2.37. The van der Waals surface area contributed by atoms with Crippen molar-refractivity contribution < 1.29 is 59.6 Å². The number of halogens is 6. The second kappa shape index (κ2) is 13.0. The third-order valence-electron chi connectivity index (χ3n) is 6.22. The number of ether oxygens (including phenoxy) is 6. The Balaban J connectivity index is 0.000000191. The van der Waals surface area contributed by atoms with Gasteiger partial charge in [-0.3, -0.25) is 4.79 Å². The summed E-state index contributed by atoms with van der Waals surface area (Å²) >= 11 is 0. The van der Waals surface area contributed by atoms with E-state index < -0.39 is 30.3 Å². The van der Waals surface area contributed by atoms with Gasteiger partial charge in [-0.25, -0.2) is 19.9 Å². The molecule has 2 aromatic heterocycles. The summed E-state index contributed by atoms with van der Waals surface area (Å²) in [5, 5.41) is 0. The summed E-state index contributed by atoms with van der Waals surface area (Å²) in [5.74, 6) is -1.25.